The normalized spacial score (nSPS) is 13.9. The van der Waals surface area contributed by atoms with Gasteiger partial charge in [0.1, 0.15) is 5.56 Å². The second-order valence-electron chi connectivity index (χ2n) is 4.60. The van der Waals surface area contributed by atoms with Gasteiger partial charge in [-0.1, -0.05) is 0 Å². The molecule has 1 saturated carbocycles. The topological polar surface area (TPSA) is 91.3 Å². The summed E-state index contributed by atoms with van der Waals surface area (Å²) < 4.78 is 0. The van der Waals surface area contributed by atoms with E-state index < -0.39 is 5.97 Å². The average Bonchev–Trinajstić information content (AvgIpc) is 3.19. The van der Waals surface area contributed by atoms with Crippen LogP contribution >= 0.6 is 0 Å². The van der Waals surface area contributed by atoms with Gasteiger partial charge in [-0.15, -0.1) is 0 Å². The smallest absolute Gasteiger partial charge is 0.339 e. The van der Waals surface area contributed by atoms with Gasteiger partial charge < -0.3 is 15.7 Å². The Bertz CT molecular complexity index is 472. The van der Waals surface area contributed by atoms with Crippen molar-refractivity contribution in [2.75, 3.05) is 11.9 Å². The minimum Gasteiger partial charge on any atom is -0.478 e. The summed E-state index contributed by atoms with van der Waals surface area (Å²) in [6.07, 6.45) is 6.14. The number of anilines is 1. The monoisotopic (exact) mass is 263 g/mol. The summed E-state index contributed by atoms with van der Waals surface area (Å²) >= 11 is 0. The summed E-state index contributed by atoms with van der Waals surface area (Å²) in [5, 5.41) is 14.9. The van der Waals surface area contributed by atoms with E-state index in [2.05, 4.69) is 15.6 Å². The standard InChI is InChI=1S/C13H17N3O3/c17-12(16-9-3-4-9)2-1-6-15-11-5-7-14-8-10(11)13(18)19/h5,7-9H,1-4,6H2,(H,14,15)(H,16,17)(H,18,19). The maximum absolute atomic E-state index is 11.4. The first kappa shape index (κ1) is 13.3. The lowest BCUT2D eigenvalue weighted by molar-refractivity contribution is -0.121. The van der Waals surface area contributed by atoms with Crippen molar-refractivity contribution < 1.29 is 14.7 Å². The number of carbonyl (C=O) groups excluding carboxylic acids is 1. The van der Waals surface area contributed by atoms with Crippen molar-refractivity contribution >= 4 is 17.6 Å². The molecule has 0 saturated heterocycles. The van der Waals surface area contributed by atoms with E-state index in [0.717, 1.165) is 12.8 Å². The quantitative estimate of drug-likeness (QED) is 0.644. The van der Waals surface area contributed by atoms with E-state index in [1.807, 2.05) is 0 Å². The Kier molecular flexibility index (Phi) is 4.33. The fourth-order valence-electron chi connectivity index (χ4n) is 1.72. The Morgan fingerprint density at radius 2 is 2.21 bits per heavy atom. The Morgan fingerprint density at radius 1 is 1.42 bits per heavy atom. The van der Waals surface area contributed by atoms with Crippen molar-refractivity contribution in [2.24, 2.45) is 0 Å². The Hall–Kier alpha value is -2.11. The van der Waals surface area contributed by atoms with Gasteiger partial charge in [0.05, 0.1) is 5.69 Å². The van der Waals surface area contributed by atoms with Crippen LogP contribution in [0.4, 0.5) is 5.69 Å². The molecule has 1 aromatic rings. The van der Waals surface area contributed by atoms with Crippen molar-refractivity contribution in [1.29, 1.82) is 0 Å². The number of hydrogen-bond donors (Lipinski definition) is 3. The number of nitrogens with zero attached hydrogens (tertiary/aromatic N) is 1. The van der Waals surface area contributed by atoms with Crippen molar-refractivity contribution in [2.45, 2.75) is 31.7 Å². The minimum absolute atomic E-state index is 0.0671. The fraction of sp³-hybridized carbons (Fsp3) is 0.462. The number of carbonyl (C=O) groups is 2. The summed E-state index contributed by atoms with van der Waals surface area (Å²) in [6.45, 7) is 0.558. The summed E-state index contributed by atoms with van der Waals surface area (Å²) in [5.74, 6) is -0.945. The molecule has 3 N–H and O–H groups in total. The van der Waals surface area contributed by atoms with Crippen LogP contribution in [0.3, 0.4) is 0 Å². The van der Waals surface area contributed by atoms with E-state index >= 15 is 0 Å². The summed E-state index contributed by atoms with van der Waals surface area (Å²) in [6, 6.07) is 2.01. The highest BCUT2D eigenvalue weighted by Crippen LogP contribution is 2.18. The van der Waals surface area contributed by atoms with Crippen molar-refractivity contribution in [3.63, 3.8) is 0 Å². The maximum Gasteiger partial charge on any atom is 0.339 e. The van der Waals surface area contributed by atoms with Gasteiger partial charge in [0, 0.05) is 31.4 Å². The molecule has 19 heavy (non-hydrogen) atoms. The lowest BCUT2D eigenvalue weighted by atomic mass is 10.2. The fourth-order valence-corrected chi connectivity index (χ4v) is 1.72. The Labute approximate surface area is 111 Å². The molecule has 1 aromatic heterocycles. The van der Waals surface area contributed by atoms with Crippen LogP contribution in [0.1, 0.15) is 36.0 Å². The molecule has 6 nitrogen and oxygen atoms in total. The molecule has 0 atom stereocenters. The van der Waals surface area contributed by atoms with Gasteiger partial charge in [-0.05, 0) is 25.3 Å². The predicted molar refractivity (Wildman–Crippen MR) is 70.1 cm³/mol. The zero-order chi connectivity index (χ0) is 13.7. The average molecular weight is 263 g/mol. The van der Waals surface area contributed by atoms with Crippen LogP contribution < -0.4 is 10.6 Å². The van der Waals surface area contributed by atoms with Gasteiger partial charge in [-0.3, -0.25) is 9.78 Å². The number of nitrogens with one attached hydrogen (secondary N) is 2. The summed E-state index contributed by atoms with van der Waals surface area (Å²) in [7, 11) is 0. The van der Waals surface area contributed by atoms with Crippen molar-refractivity contribution in [3.8, 4) is 0 Å². The van der Waals surface area contributed by atoms with Crippen LogP contribution in [0, 0.1) is 0 Å². The second-order valence-corrected chi connectivity index (χ2v) is 4.60. The molecule has 0 unspecified atom stereocenters. The zero-order valence-corrected chi connectivity index (χ0v) is 10.6. The third-order valence-corrected chi connectivity index (χ3v) is 2.89. The number of carboxylic acid groups (broad SMARTS) is 1. The number of pyridine rings is 1. The first-order chi connectivity index (χ1) is 9.16. The third kappa shape index (κ3) is 4.24. The molecule has 0 aliphatic heterocycles. The van der Waals surface area contributed by atoms with Crippen LogP contribution in [-0.2, 0) is 4.79 Å². The zero-order valence-electron chi connectivity index (χ0n) is 10.6. The van der Waals surface area contributed by atoms with E-state index in [0.29, 0.717) is 31.1 Å². The predicted octanol–water partition coefficient (Wildman–Crippen LogP) is 1.25. The van der Waals surface area contributed by atoms with Gasteiger partial charge in [0.15, 0.2) is 0 Å². The van der Waals surface area contributed by atoms with Crippen LogP contribution in [0.5, 0.6) is 0 Å². The van der Waals surface area contributed by atoms with Crippen molar-refractivity contribution in [1.82, 2.24) is 10.3 Å². The molecule has 2 rings (SSSR count). The largest absolute Gasteiger partial charge is 0.478 e. The van der Waals surface area contributed by atoms with Gasteiger partial charge in [-0.25, -0.2) is 4.79 Å². The molecule has 0 spiro atoms. The second kappa shape index (κ2) is 6.17. The highest BCUT2D eigenvalue weighted by molar-refractivity contribution is 5.93. The molecule has 1 aliphatic carbocycles. The number of rotatable bonds is 7. The molecule has 1 fully saturated rings. The van der Waals surface area contributed by atoms with Gasteiger partial charge >= 0.3 is 5.97 Å². The molecule has 1 amide bonds. The molecule has 1 heterocycles. The highest BCUT2D eigenvalue weighted by atomic mass is 16.4. The number of hydrogen-bond acceptors (Lipinski definition) is 4. The van der Waals surface area contributed by atoms with E-state index in [1.165, 1.54) is 12.4 Å². The number of aromatic nitrogens is 1. The summed E-state index contributed by atoms with van der Waals surface area (Å²) in [5.41, 5.74) is 0.676. The minimum atomic E-state index is -1.01. The summed E-state index contributed by atoms with van der Waals surface area (Å²) in [4.78, 5) is 26.2. The highest BCUT2D eigenvalue weighted by Gasteiger charge is 2.22. The van der Waals surface area contributed by atoms with Gasteiger partial charge in [0.2, 0.25) is 5.91 Å². The molecule has 0 bridgehead atoms. The van der Waals surface area contributed by atoms with Crippen LogP contribution in [0.15, 0.2) is 18.5 Å². The van der Waals surface area contributed by atoms with Crippen molar-refractivity contribution in [3.05, 3.63) is 24.0 Å². The molecule has 0 radical (unpaired) electrons. The SMILES string of the molecule is O=C(CCCNc1ccncc1C(=O)O)NC1CC1. The van der Waals surface area contributed by atoms with E-state index in [9.17, 15) is 9.59 Å². The van der Waals surface area contributed by atoms with Crippen LogP contribution in [0.2, 0.25) is 0 Å². The Morgan fingerprint density at radius 3 is 2.89 bits per heavy atom. The molecular formula is C13H17N3O3. The molecular weight excluding hydrogens is 246 g/mol. The van der Waals surface area contributed by atoms with Crippen LogP contribution in [0.25, 0.3) is 0 Å². The van der Waals surface area contributed by atoms with Crippen LogP contribution in [-0.4, -0.2) is 34.6 Å². The maximum atomic E-state index is 11.4. The lowest BCUT2D eigenvalue weighted by Crippen LogP contribution is -2.25. The molecule has 0 aromatic carbocycles. The first-order valence-corrected chi connectivity index (χ1v) is 6.37. The van der Waals surface area contributed by atoms with E-state index in [-0.39, 0.29) is 11.5 Å². The van der Waals surface area contributed by atoms with E-state index in [4.69, 9.17) is 5.11 Å². The number of aromatic carboxylic acids is 1. The third-order valence-electron chi connectivity index (χ3n) is 2.89. The van der Waals surface area contributed by atoms with Gasteiger partial charge in [-0.2, -0.15) is 0 Å². The Balaban J connectivity index is 1.72. The molecule has 102 valence electrons. The molecule has 6 heteroatoms. The number of carboxylic acids is 1. The number of amides is 1. The first-order valence-electron chi connectivity index (χ1n) is 6.37. The van der Waals surface area contributed by atoms with Gasteiger partial charge in [0.25, 0.3) is 0 Å². The molecule has 1 aliphatic rings. The lowest BCUT2D eigenvalue weighted by Gasteiger charge is -2.08. The van der Waals surface area contributed by atoms with E-state index in [1.54, 1.807) is 6.07 Å².